The average molecular weight is 350 g/mol. The Hall–Kier alpha value is -3.36. The van der Waals surface area contributed by atoms with E-state index in [1.165, 1.54) is 22.3 Å². The van der Waals surface area contributed by atoms with Crippen molar-refractivity contribution in [1.29, 1.82) is 0 Å². The van der Waals surface area contributed by atoms with E-state index in [1.54, 1.807) is 0 Å². The minimum absolute atomic E-state index is 0.434. The lowest BCUT2D eigenvalue weighted by Gasteiger charge is -2.37. The highest BCUT2D eigenvalue weighted by Gasteiger charge is 2.38. The van der Waals surface area contributed by atoms with Crippen molar-refractivity contribution in [2.45, 2.75) is 5.41 Å². The summed E-state index contributed by atoms with van der Waals surface area (Å²) in [5.74, 6) is 5.73. The lowest BCUT2D eigenvalue weighted by Crippen LogP contribution is -2.31. The molecule has 0 bridgehead atoms. The van der Waals surface area contributed by atoms with Crippen LogP contribution in [0, 0.1) is 0 Å². The van der Waals surface area contributed by atoms with Crippen LogP contribution in [0.25, 0.3) is 0 Å². The van der Waals surface area contributed by atoms with Gasteiger partial charge in [-0.15, -0.1) is 0 Å². The molecule has 4 rings (SSSR count). The Morgan fingerprint density at radius 1 is 0.481 bits per heavy atom. The Morgan fingerprint density at radius 2 is 0.889 bits per heavy atom. The molecule has 0 atom stereocenters. The minimum Gasteiger partial charge on any atom is -0.324 e. The summed E-state index contributed by atoms with van der Waals surface area (Å²) in [5, 5.41) is 0. The van der Waals surface area contributed by atoms with Crippen molar-refractivity contribution in [1.82, 2.24) is 0 Å². The number of hydrogen-bond donors (Lipinski definition) is 2. The van der Waals surface area contributed by atoms with Gasteiger partial charge in [0, 0.05) is 5.69 Å². The number of nitrogens with two attached hydrogens (primary N) is 1. The van der Waals surface area contributed by atoms with Crippen molar-refractivity contribution in [3.8, 4) is 0 Å². The first-order valence-corrected chi connectivity index (χ1v) is 9.09. The smallest absolute Gasteiger partial charge is 0.0702 e. The van der Waals surface area contributed by atoms with Crippen LogP contribution in [0.3, 0.4) is 0 Å². The van der Waals surface area contributed by atoms with Crippen molar-refractivity contribution in [3.63, 3.8) is 0 Å². The van der Waals surface area contributed by atoms with E-state index >= 15 is 0 Å². The summed E-state index contributed by atoms with van der Waals surface area (Å²) < 4.78 is 0. The fourth-order valence-electron chi connectivity index (χ4n) is 3.91. The molecule has 0 radical (unpaired) electrons. The van der Waals surface area contributed by atoms with Gasteiger partial charge in [0.2, 0.25) is 0 Å². The summed E-state index contributed by atoms with van der Waals surface area (Å²) >= 11 is 0. The third kappa shape index (κ3) is 3.01. The van der Waals surface area contributed by atoms with Crippen LogP contribution in [-0.4, -0.2) is 0 Å². The number of rotatable bonds is 5. The normalized spacial score (nSPS) is 11.1. The van der Waals surface area contributed by atoms with Gasteiger partial charge in [-0.2, -0.15) is 0 Å². The van der Waals surface area contributed by atoms with Gasteiger partial charge in [0.15, 0.2) is 0 Å². The third-order valence-corrected chi connectivity index (χ3v) is 5.08. The second kappa shape index (κ2) is 7.48. The molecule has 0 saturated heterocycles. The van der Waals surface area contributed by atoms with Crippen molar-refractivity contribution >= 4 is 5.69 Å². The fourth-order valence-corrected chi connectivity index (χ4v) is 3.91. The second-order valence-electron chi connectivity index (χ2n) is 6.57. The highest BCUT2D eigenvalue weighted by atomic mass is 15.2. The highest BCUT2D eigenvalue weighted by molar-refractivity contribution is 5.62. The lowest BCUT2D eigenvalue weighted by atomic mass is 9.65. The van der Waals surface area contributed by atoms with Gasteiger partial charge in [0.05, 0.1) is 5.41 Å². The molecule has 3 N–H and O–H groups in total. The number of anilines is 1. The predicted molar refractivity (Wildman–Crippen MR) is 113 cm³/mol. The van der Waals surface area contributed by atoms with Crippen molar-refractivity contribution in [3.05, 3.63) is 138 Å². The number of benzene rings is 4. The molecule has 0 aliphatic rings. The van der Waals surface area contributed by atoms with Gasteiger partial charge >= 0.3 is 0 Å². The summed E-state index contributed by atoms with van der Waals surface area (Å²) in [6.07, 6.45) is 0. The van der Waals surface area contributed by atoms with Gasteiger partial charge in [0.25, 0.3) is 0 Å². The fraction of sp³-hybridized carbons (Fsp3) is 0.0400. The monoisotopic (exact) mass is 350 g/mol. The third-order valence-electron chi connectivity index (χ3n) is 5.08. The summed E-state index contributed by atoms with van der Waals surface area (Å²) in [4.78, 5) is 0. The second-order valence-corrected chi connectivity index (χ2v) is 6.57. The van der Waals surface area contributed by atoms with E-state index in [1.807, 2.05) is 12.1 Å². The van der Waals surface area contributed by atoms with Gasteiger partial charge in [-0.3, -0.25) is 5.84 Å². The summed E-state index contributed by atoms with van der Waals surface area (Å²) in [6, 6.07) is 40.3. The Balaban J connectivity index is 2.12. The van der Waals surface area contributed by atoms with Crippen molar-refractivity contribution < 1.29 is 0 Å². The molecule has 0 saturated carbocycles. The van der Waals surface area contributed by atoms with Crippen LogP contribution in [-0.2, 0) is 5.41 Å². The molecular weight excluding hydrogens is 328 g/mol. The maximum absolute atomic E-state index is 5.73. The standard InChI is InChI=1S/C25H22N2/c26-27-24-18-10-17-23(19-24)25(20-11-4-1-5-12-20,21-13-6-2-7-14-21)22-15-8-3-9-16-22/h1-19,27H,26H2. The summed E-state index contributed by atoms with van der Waals surface area (Å²) in [6.45, 7) is 0. The largest absolute Gasteiger partial charge is 0.324 e. The Kier molecular flexibility index (Phi) is 4.73. The van der Waals surface area contributed by atoms with Crippen molar-refractivity contribution in [2.24, 2.45) is 5.84 Å². The number of nitrogen functional groups attached to an aromatic ring is 1. The Bertz CT molecular complexity index is 899. The summed E-state index contributed by atoms with van der Waals surface area (Å²) in [5.41, 5.74) is 8.07. The number of nitrogens with one attached hydrogen (secondary N) is 1. The zero-order chi connectivity index (χ0) is 18.5. The molecule has 0 aromatic heterocycles. The Morgan fingerprint density at radius 3 is 1.30 bits per heavy atom. The summed E-state index contributed by atoms with van der Waals surface area (Å²) in [7, 11) is 0. The van der Waals surface area contributed by atoms with Crippen LogP contribution in [0.1, 0.15) is 22.3 Å². The number of hydrazine groups is 1. The topological polar surface area (TPSA) is 38.0 Å². The molecule has 132 valence electrons. The van der Waals surface area contributed by atoms with E-state index in [0.717, 1.165) is 5.69 Å². The van der Waals surface area contributed by atoms with E-state index in [-0.39, 0.29) is 0 Å². The maximum Gasteiger partial charge on any atom is 0.0702 e. The quantitative estimate of drug-likeness (QED) is 0.289. The molecule has 2 nitrogen and oxygen atoms in total. The van der Waals surface area contributed by atoms with Crippen LogP contribution >= 0.6 is 0 Å². The predicted octanol–water partition coefficient (Wildman–Crippen LogP) is 5.35. The zero-order valence-electron chi connectivity index (χ0n) is 15.0. The first-order valence-electron chi connectivity index (χ1n) is 9.09. The first-order chi connectivity index (χ1) is 13.4. The minimum atomic E-state index is -0.434. The van der Waals surface area contributed by atoms with Crippen LogP contribution < -0.4 is 11.3 Å². The SMILES string of the molecule is NNc1cccc(C(c2ccccc2)(c2ccccc2)c2ccccc2)c1. The van der Waals surface area contributed by atoms with Crippen LogP contribution in [0.5, 0.6) is 0 Å². The molecule has 4 aromatic carbocycles. The van der Waals surface area contributed by atoms with E-state index < -0.39 is 5.41 Å². The van der Waals surface area contributed by atoms with Crippen molar-refractivity contribution in [2.75, 3.05) is 5.43 Å². The van der Waals surface area contributed by atoms with E-state index in [0.29, 0.717) is 0 Å². The van der Waals surface area contributed by atoms with Gasteiger partial charge in [-0.25, -0.2) is 0 Å². The van der Waals surface area contributed by atoms with Gasteiger partial charge in [0.1, 0.15) is 0 Å². The highest BCUT2D eigenvalue weighted by Crippen LogP contribution is 2.45. The van der Waals surface area contributed by atoms with Gasteiger partial charge in [-0.05, 0) is 34.4 Å². The zero-order valence-corrected chi connectivity index (χ0v) is 15.0. The molecule has 0 aliphatic heterocycles. The van der Waals surface area contributed by atoms with E-state index in [4.69, 9.17) is 5.84 Å². The molecule has 0 aliphatic carbocycles. The molecule has 0 heterocycles. The first kappa shape index (κ1) is 17.1. The average Bonchev–Trinajstić information content (AvgIpc) is 2.77. The van der Waals surface area contributed by atoms with Gasteiger partial charge < -0.3 is 5.43 Å². The molecule has 27 heavy (non-hydrogen) atoms. The van der Waals surface area contributed by atoms with E-state index in [2.05, 4.69) is 109 Å². The molecule has 0 spiro atoms. The lowest BCUT2D eigenvalue weighted by molar-refractivity contribution is 0.745. The molecule has 0 unspecified atom stereocenters. The molecule has 0 fully saturated rings. The Labute approximate surface area is 160 Å². The molecule has 2 heteroatoms. The molecule has 0 amide bonds. The molecular formula is C25H22N2. The molecule has 4 aromatic rings. The van der Waals surface area contributed by atoms with Crippen LogP contribution in [0.15, 0.2) is 115 Å². The van der Waals surface area contributed by atoms with Gasteiger partial charge in [-0.1, -0.05) is 103 Å². The van der Waals surface area contributed by atoms with Crippen LogP contribution in [0.2, 0.25) is 0 Å². The number of hydrogen-bond acceptors (Lipinski definition) is 2. The van der Waals surface area contributed by atoms with E-state index in [9.17, 15) is 0 Å². The van der Waals surface area contributed by atoms with Crippen LogP contribution in [0.4, 0.5) is 5.69 Å². The maximum atomic E-state index is 5.73.